The fraction of sp³-hybridized carbons (Fsp3) is 0.125. The number of rotatable bonds is 3. The first-order chi connectivity index (χ1) is 14.0. The lowest BCUT2D eigenvalue weighted by Crippen LogP contribution is -2.18. The van der Waals surface area contributed by atoms with Gasteiger partial charge < -0.3 is 20.1 Å². The first-order valence-corrected chi connectivity index (χ1v) is 9.18. The van der Waals surface area contributed by atoms with Crippen LogP contribution in [-0.4, -0.2) is 23.1 Å². The number of ether oxygens (including phenoxy) is 1. The molecule has 0 spiro atoms. The molecule has 1 atom stereocenters. The molecule has 2 aromatic carbocycles. The number of benzene rings is 2. The predicted octanol–water partition coefficient (Wildman–Crippen LogP) is 3.78. The van der Waals surface area contributed by atoms with E-state index >= 15 is 0 Å². The van der Waals surface area contributed by atoms with Gasteiger partial charge in [0, 0.05) is 17.3 Å². The quantitative estimate of drug-likeness (QED) is 0.475. The van der Waals surface area contributed by atoms with Crippen molar-refractivity contribution in [2.75, 3.05) is 12.4 Å². The number of H-pyrrole nitrogens is 1. The lowest BCUT2D eigenvalue weighted by molar-refractivity contribution is -0.110. The van der Waals surface area contributed by atoms with E-state index in [0.717, 1.165) is 0 Å². The monoisotopic (exact) mass is 384 g/mol. The van der Waals surface area contributed by atoms with Crippen molar-refractivity contribution in [1.82, 2.24) is 4.98 Å². The minimum Gasteiger partial charge on any atom is -0.495 e. The molecule has 5 heteroatoms. The zero-order valence-corrected chi connectivity index (χ0v) is 16.1. The third-order valence-corrected chi connectivity index (χ3v) is 4.85. The number of aromatic nitrogens is 1. The topological polar surface area (TPSA) is 74.4 Å². The third-order valence-electron chi connectivity index (χ3n) is 4.85. The van der Waals surface area contributed by atoms with E-state index in [-0.39, 0.29) is 5.91 Å². The van der Waals surface area contributed by atoms with Gasteiger partial charge in [-0.15, -0.1) is 0 Å². The maximum absolute atomic E-state index is 12.6. The van der Waals surface area contributed by atoms with Gasteiger partial charge in [0.2, 0.25) is 0 Å². The van der Waals surface area contributed by atoms with Crippen LogP contribution in [0.1, 0.15) is 29.3 Å². The van der Waals surface area contributed by atoms with E-state index < -0.39 is 5.60 Å². The van der Waals surface area contributed by atoms with E-state index in [9.17, 15) is 9.90 Å². The highest BCUT2D eigenvalue weighted by Crippen LogP contribution is 2.36. The number of aromatic amines is 1. The van der Waals surface area contributed by atoms with Gasteiger partial charge in [0.1, 0.15) is 11.4 Å². The Balaban J connectivity index is 1.79. The van der Waals surface area contributed by atoms with Crippen molar-refractivity contribution in [3.63, 3.8) is 0 Å². The van der Waals surface area contributed by atoms with Gasteiger partial charge in [-0.25, -0.2) is 0 Å². The molecule has 29 heavy (non-hydrogen) atoms. The zero-order chi connectivity index (χ0) is 20.4. The fourth-order valence-electron chi connectivity index (χ4n) is 3.32. The van der Waals surface area contributed by atoms with Crippen LogP contribution in [-0.2, 0) is 10.4 Å². The van der Waals surface area contributed by atoms with Crippen LogP contribution in [0.2, 0.25) is 0 Å². The van der Waals surface area contributed by atoms with Crippen molar-refractivity contribution in [3.05, 3.63) is 83.2 Å². The molecule has 1 unspecified atom stereocenters. The summed E-state index contributed by atoms with van der Waals surface area (Å²) in [5.41, 5.74) is 2.65. The Bertz CT molecular complexity index is 1160. The van der Waals surface area contributed by atoms with Crippen LogP contribution in [0.25, 0.3) is 11.6 Å². The summed E-state index contributed by atoms with van der Waals surface area (Å²) in [7, 11) is 1.58. The number of carbonyl (C=O) groups excluding carboxylic acids is 1. The predicted molar refractivity (Wildman–Crippen MR) is 113 cm³/mol. The summed E-state index contributed by atoms with van der Waals surface area (Å²) in [4.78, 5) is 15.7. The van der Waals surface area contributed by atoms with Gasteiger partial charge in [0.15, 0.2) is 0 Å². The second kappa shape index (κ2) is 7.34. The minimum absolute atomic E-state index is 0.208. The van der Waals surface area contributed by atoms with Crippen LogP contribution >= 0.6 is 0 Å². The first-order valence-electron chi connectivity index (χ1n) is 9.18. The van der Waals surface area contributed by atoms with E-state index in [1.165, 1.54) is 0 Å². The van der Waals surface area contributed by atoms with Gasteiger partial charge >= 0.3 is 0 Å². The van der Waals surface area contributed by atoms with Crippen LogP contribution in [0.15, 0.2) is 60.8 Å². The maximum Gasteiger partial charge on any atom is 0.256 e. The Morgan fingerprint density at radius 2 is 1.90 bits per heavy atom. The Hall–Kier alpha value is -3.75. The maximum atomic E-state index is 12.6. The fourth-order valence-corrected chi connectivity index (χ4v) is 3.32. The summed E-state index contributed by atoms with van der Waals surface area (Å²) >= 11 is 0. The number of fused-ring (bicyclic) bond motifs is 1. The van der Waals surface area contributed by atoms with Crippen LogP contribution in [0.5, 0.6) is 5.75 Å². The van der Waals surface area contributed by atoms with Gasteiger partial charge in [-0.3, -0.25) is 4.79 Å². The summed E-state index contributed by atoms with van der Waals surface area (Å²) in [6.07, 6.45) is 3.50. The molecule has 1 aliphatic heterocycles. The molecule has 0 fully saturated rings. The van der Waals surface area contributed by atoms with E-state index in [0.29, 0.717) is 39.4 Å². The van der Waals surface area contributed by atoms with Gasteiger partial charge in [-0.1, -0.05) is 48.2 Å². The number of hydrogen-bond donors (Lipinski definition) is 3. The molecule has 3 aromatic rings. The number of aliphatic hydroxyl groups is 1. The standard InChI is InChI=1S/C24H20N2O3/c1-24(28,17-8-4-3-5-9-17)13-11-16-7-6-10-19-22(16)18(23(27)26-19)15-20-21(29-2)12-14-25-20/h3-10,12,14-15,25,28H,1-2H3,(H,26,27). The number of carbonyl (C=O) groups is 1. The molecule has 2 heterocycles. The lowest BCUT2D eigenvalue weighted by Gasteiger charge is -2.16. The second-order valence-corrected chi connectivity index (χ2v) is 6.89. The first kappa shape index (κ1) is 18.6. The molecule has 144 valence electrons. The van der Waals surface area contributed by atoms with Crippen molar-refractivity contribution >= 4 is 23.2 Å². The van der Waals surface area contributed by atoms with Gasteiger partial charge in [-0.2, -0.15) is 0 Å². The second-order valence-electron chi connectivity index (χ2n) is 6.89. The van der Waals surface area contributed by atoms with Gasteiger partial charge in [-0.05, 0) is 36.8 Å². The molecule has 0 radical (unpaired) electrons. The van der Waals surface area contributed by atoms with E-state index in [1.807, 2.05) is 48.5 Å². The molecule has 1 amide bonds. The van der Waals surface area contributed by atoms with Crippen LogP contribution in [0, 0.1) is 11.8 Å². The Labute approximate surface area is 169 Å². The molecule has 1 aromatic heterocycles. The van der Waals surface area contributed by atoms with Crippen LogP contribution in [0.4, 0.5) is 5.69 Å². The summed E-state index contributed by atoms with van der Waals surface area (Å²) in [6, 6.07) is 16.6. The number of anilines is 1. The van der Waals surface area contributed by atoms with E-state index in [4.69, 9.17) is 4.74 Å². The molecular weight excluding hydrogens is 364 g/mol. The molecule has 0 aliphatic carbocycles. The van der Waals surface area contributed by atoms with Crippen LogP contribution in [0.3, 0.4) is 0 Å². The Morgan fingerprint density at radius 3 is 2.66 bits per heavy atom. The highest BCUT2D eigenvalue weighted by Gasteiger charge is 2.27. The van der Waals surface area contributed by atoms with Crippen molar-refractivity contribution in [3.8, 4) is 17.6 Å². The summed E-state index contributed by atoms with van der Waals surface area (Å²) < 4.78 is 5.32. The normalized spacial score (nSPS) is 15.8. The number of hydrogen-bond acceptors (Lipinski definition) is 3. The molecule has 1 aliphatic rings. The zero-order valence-electron chi connectivity index (χ0n) is 16.1. The van der Waals surface area contributed by atoms with Crippen molar-refractivity contribution < 1.29 is 14.6 Å². The summed E-state index contributed by atoms with van der Waals surface area (Å²) in [5, 5.41) is 13.7. The average Bonchev–Trinajstić information content (AvgIpc) is 3.31. The van der Waals surface area contributed by atoms with Crippen LogP contribution < -0.4 is 10.1 Å². The van der Waals surface area contributed by atoms with Crippen molar-refractivity contribution in [2.45, 2.75) is 12.5 Å². The van der Waals surface area contributed by atoms with Crippen molar-refractivity contribution in [2.24, 2.45) is 0 Å². The molecule has 5 nitrogen and oxygen atoms in total. The Morgan fingerprint density at radius 1 is 1.10 bits per heavy atom. The largest absolute Gasteiger partial charge is 0.495 e. The number of nitrogens with one attached hydrogen (secondary N) is 2. The molecule has 0 bridgehead atoms. The molecule has 0 saturated carbocycles. The van der Waals surface area contributed by atoms with Gasteiger partial charge in [0.25, 0.3) is 5.91 Å². The van der Waals surface area contributed by atoms with Gasteiger partial charge in [0.05, 0.1) is 24.1 Å². The summed E-state index contributed by atoms with van der Waals surface area (Å²) in [5.74, 6) is 6.45. The van der Waals surface area contributed by atoms with Crippen molar-refractivity contribution in [1.29, 1.82) is 0 Å². The molecular formula is C24H20N2O3. The highest BCUT2D eigenvalue weighted by molar-refractivity contribution is 6.35. The molecule has 0 saturated heterocycles. The van der Waals surface area contributed by atoms with E-state index in [2.05, 4.69) is 22.1 Å². The highest BCUT2D eigenvalue weighted by atomic mass is 16.5. The number of methoxy groups -OCH3 is 1. The molecule has 3 N–H and O–H groups in total. The SMILES string of the molecule is COc1cc[nH]c1C=C1C(=O)Nc2cccc(C#CC(C)(O)c3ccccc3)c21. The lowest BCUT2D eigenvalue weighted by atomic mass is 9.95. The average molecular weight is 384 g/mol. The molecule has 4 rings (SSSR count). The number of amides is 1. The van der Waals surface area contributed by atoms with E-state index in [1.54, 1.807) is 32.4 Å². The Kier molecular flexibility index (Phi) is 4.71. The summed E-state index contributed by atoms with van der Waals surface area (Å²) in [6.45, 7) is 1.66. The smallest absolute Gasteiger partial charge is 0.256 e. The third kappa shape index (κ3) is 3.54. The minimum atomic E-state index is -1.31.